The van der Waals surface area contributed by atoms with E-state index in [0.29, 0.717) is 32.7 Å². The van der Waals surface area contributed by atoms with Crippen LogP contribution in [0.25, 0.3) is 0 Å². The molecule has 1 aromatic heterocycles. The summed E-state index contributed by atoms with van der Waals surface area (Å²) >= 11 is 0. The SMILES string of the molecule is CC1CN(C(=O)NCCc2ncn(C)n2)CC2(CCOC2C)O1. The number of nitrogens with one attached hydrogen (secondary N) is 1. The Bertz CT molecular complexity index is 563. The van der Waals surface area contributed by atoms with Gasteiger partial charge < -0.3 is 19.7 Å². The highest BCUT2D eigenvalue weighted by Crippen LogP contribution is 2.34. The van der Waals surface area contributed by atoms with Crippen LogP contribution < -0.4 is 5.32 Å². The number of ether oxygens (including phenoxy) is 2. The fraction of sp³-hybridized carbons (Fsp3) is 0.800. The molecule has 3 unspecified atom stereocenters. The van der Waals surface area contributed by atoms with E-state index in [1.807, 2.05) is 25.8 Å². The molecule has 2 fully saturated rings. The van der Waals surface area contributed by atoms with Crippen LogP contribution in [0, 0.1) is 0 Å². The standard InChI is InChI=1S/C15H25N5O3/c1-11-8-20(9-15(23-11)5-7-22-12(15)2)14(21)16-6-4-13-17-10-19(3)18-13/h10-12H,4-9H2,1-3H3,(H,16,21). The molecule has 0 aliphatic carbocycles. The fourth-order valence-corrected chi connectivity index (χ4v) is 3.35. The highest BCUT2D eigenvalue weighted by molar-refractivity contribution is 5.74. The van der Waals surface area contributed by atoms with Gasteiger partial charge in [0.1, 0.15) is 11.9 Å². The highest BCUT2D eigenvalue weighted by atomic mass is 16.6. The second kappa shape index (κ2) is 6.45. The van der Waals surface area contributed by atoms with E-state index >= 15 is 0 Å². The van der Waals surface area contributed by atoms with Gasteiger partial charge in [0.05, 0.1) is 18.8 Å². The van der Waals surface area contributed by atoms with E-state index < -0.39 is 0 Å². The number of aryl methyl sites for hydroxylation is 1. The number of morpholine rings is 1. The smallest absolute Gasteiger partial charge is 0.317 e. The Hall–Kier alpha value is -1.67. The van der Waals surface area contributed by atoms with E-state index in [1.165, 1.54) is 0 Å². The number of nitrogens with zero attached hydrogens (tertiary/aromatic N) is 4. The van der Waals surface area contributed by atoms with E-state index in [9.17, 15) is 4.79 Å². The third kappa shape index (κ3) is 3.48. The van der Waals surface area contributed by atoms with Crippen LogP contribution in [0.1, 0.15) is 26.1 Å². The number of amides is 2. The van der Waals surface area contributed by atoms with Gasteiger partial charge in [0.2, 0.25) is 0 Å². The van der Waals surface area contributed by atoms with E-state index in [0.717, 1.165) is 12.2 Å². The minimum Gasteiger partial charge on any atom is -0.375 e. The molecule has 23 heavy (non-hydrogen) atoms. The number of hydrogen-bond acceptors (Lipinski definition) is 5. The first-order chi connectivity index (χ1) is 11.0. The predicted octanol–water partition coefficient (Wildman–Crippen LogP) is 0.336. The Kier molecular flexibility index (Phi) is 4.54. The number of aromatic nitrogens is 3. The monoisotopic (exact) mass is 323 g/mol. The number of rotatable bonds is 3. The summed E-state index contributed by atoms with van der Waals surface area (Å²) in [7, 11) is 1.83. The van der Waals surface area contributed by atoms with Gasteiger partial charge in [0, 0.05) is 39.6 Å². The second-order valence-electron chi connectivity index (χ2n) is 6.45. The van der Waals surface area contributed by atoms with E-state index in [2.05, 4.69) is 15.4 Å². The zero-order valence-electron chi connectivity index (χ0n) is 14.0. The lowest BCUT2D eigenvalue weighted by Gasteiger charge is -2.44. The van der Waals surface area contributed by atoms with Gasteiger partial charge in [-0.2, -0.15) is 5.10 Å². The van der Waals surface area contributed by atoms with Crippen LogP contribution in [-0.4, -0.2) is 69.7 Å². The molecule has 3 rings (SSSR count). The summed E-state index contributed by atoms with van der Waals surface area (Å²) in [6, 6.07) is -0.0606. The number of carbonyl (C=O) groups is 1. The Morgan fingerprint density at radius 2 is 2.35 bits per heavy atom. The molecule has 0 aromatic carbocycles. The Morgan fingerprint density at radius 1 is 1.52 bits per heavy atom. The number of urea groups is 1. The number of carbonyl (C=O) groups excluding carboxylic acids is 1. The minimum absolute atomic E-state index is 0.0103. The third-order valence-corrected chi connectivity index (χ3v) is 4.56. The molecule has 8 nitrogen and oxygen atoms in total. The van der Waals surface area contributed by atoms with Crippen LogP contribution in [0.15, 0.2) is 6.33 Å². The number of hydrogen-bond donors (Lipinski definition) is 1. The third-order valence-electron chi connectivity index (χ3n) is 4.56. The fourth-order valence-electron chi connectivity index (χ4n) is 3.35. The first-order valence-corrected chi connectivity index (χ1v) is 8.15. The van der Waals surface area contributed by atoms with Crippen LogP contribution in [0.4, 0.5) is 4.79 Å². The zero-order chi connectivity index (χ0) is 16.4. The summed E-state index contributed by atoms with van der Waals surface area (Å²) in [5, 5.41) is 7.16. The van der Waals surface area contributed by atoms with Crippen molar-refractivity contribution in [1.29, 1.82) is 0 Å². The molecule has 0 saturated carbocycles. The Labute approximate surface area is 136 Å². The van der Waals surface area contributed by atoms with Crippen LogP contribution in [0.3, 0.4) is 0 Å². The minimum atomic E-state index is -0.364. The van der Waals surface area contributed by atoms with Gasteiger partial charge in [0.25, 0.3) is 0 Å². The molecular weight excluding hydrogens is 298 g/mol. The summed E-state index contributed by atoms with van der Waals surface area (Å²) in [6.45, 7) is 6.41. The molecule has 2 amide bonds. The lowest BCUT2D eigenvalue weighted by molar-refractivity contribution is -0.159. The van der Waals surface area contributed by atoms with Gasteiger partial charge in [0.15, 0.2) is 5.82 Å². The lowest BCUT2D eigenvalue weighted by Crippen LogP contribution is -2.61. The maximum absolute atomic E-state index is 12.5. The highest BCUT2D eigenvalue weighted by Gasteiger charge is 2.48. The van der Waals surface area contributed by atoms with Crippen LogP contribution in [-0.2, 0) is 22.9 Å². The van der Waals surface area contributed by atoms with Crippen LogP contribution in [0.2, 0.25) is 0 Å². The van der Waals surface area contributed by atoms with Crippen molar-refractivity contribution < 1.29 is 14.3 Å². The zero-order valence-corrected chi connectivity index (χ0v) is 14.0. The van der Waals surface area contributed by atoms with Gasteiger partial charge in [-0.05, 0) is 13.8 Å². The Morgan fingerprint density at radius 3 is 3.00 bits per heavy atom. The summed E-state index contributed by atoms with van der Waals surface area (Å²) < 4.78 is 13.5. The van der Waals surface area contributed by atoms with Gasteiger partial charge in [-0.15, -0.1) is 0 Å². The molecule has 8 heteroatoms. The first-order valence-electron chi connectivity index (χ1n) is 8.15. The van der Waals surface area contributed by atoms with Crippen molar-refractivity contribution in [3.63, 3.8) is 0 Å². The van der Waals surface area contributed by atoms with E-state index in [1.54, 1.807) is 11.0 Å². The lowest BCUT2D eigenvalue weighted by atomic mass is 9.93. The molecule has 1 spiro atoms. The maximum Gasteiger partial charge on any atom is 0.317 e. The van der Waals surface area contributed by atoms with E-state index in [-0.39, 0.29) is 23.8 Å². The molecule has 2 saturated heterocycles. The summed E-state index contributed by atoms with van der Waals surface area (Å²) in [5.74, 6) is 0.734. The van der Waals surface area contributed by atoms with Crippen molar-refractivity contribution in [2.24, 2.45) is 7.05 Å². The molecule has 3 heterocycles. The molecule has 3 atom stereocenters. The van der Waals surface area contributed by atoms with Crippen molar-refractivity contribution in [1.82, 2.24) is 25.0 Å². The summed E-state index contributed by atoms with van der Waals surface area (Å²) in [6.07, 6.45) is 3.14. The molecular formula is C15H25N5O3. The molecule has 0 radical (unpaired) electrons. The molecule has 0 bridgehead atoms. The van der Waals surface area contributed by atoms with Gasteiger partial charge in [-0.25, -0.2) is 9.78 Å². The average Bonchev–Trinajstić information content (AvgIpc) is 3.05. The topological polar surface area (TPSA) is 81.5 Å². The van der Waals surface area contributed by atoms with Gasteiger partial charge in [-0.3, -0.25) is 4.68 Å². The largest absolute Gasteiger partial charge is 0.375 e. The van der Waals surface area contributed by atoms with E-state index in [4.69, 9.17) is 9.47 Å². The van der Waals surface area contributed by atoms with Crippen molar-refractivity contribution in [3.05, 3.63) is 12.2 Å². The molecule has 128 valence electrons. The predicted molar refractivity (Wildman–Crippen MR) is 83.0 cm³/mol. The molecule has 1 aromatic rings. The molecule has 2 aliphatic heterocycles. The van der Waals surface area contributed by atoms with Gasteiger partial charge in [-0.1, -0.05) is 0 Å². The van der Waals surface area contributed by atoms with Crippen molar-refractivity contribution in [2.75, 3.05) is 26.2 Å². The molecule has 1 N–H and O–H groups in total. The second-order valence-corrected chi connectivity index (χ2v) is 6.45. The maximum atomic E-state index is 12.5. The van der Waals surface area contributed by atoms with Crippen molar-refractivity contribution in [3.8, 4) is 0 Å². The summed E-state index contributed by atoms with van der Waals surface area (Å²) in [5.41, 5.74) is -0.364. The normalized spacial score (nSPS) is 30.8. The van der Waals surface area contributed by atoms with Crippen molar-refractivity contribution >= 4 is 6.03 Å². The van der Waals surface area contributed by atoms with Crippen LogP contribution >= 0.6 is 0 Å². The van der Waals surface area contributed by atoms with Gasteiger partial charge >= 0.3 is 6.03 Å². The quantitative estimate of drug-likeness (QED) is 0.867. The van der Waals surface area contributed by atoms with Crippen LogP contribution in [0.5, 0.6) is 0 Å². The molecule has 2 aliphatic rings. The summed E-state index contributed by atoms with van der Waals surface area (Å²) in [4.78, 5) is 18.5. The first kappa shape index (κ1) is 16.2. The van der Waals surface area contributed by atoms with Crippen molar-refractivity contribution in [2.45, 2.75) is 44.5 Å². The average molecular weight is 323 g/mol. The Balaban J connectivity index is 1.54.